The van der Waals surface area contributed by atoms with Crippen molar-refractivity contribution >= 4 is 22.6 Å². The molecule has 1 aliphatic carbocycles. The van der Waals surface area contributed by atoms with Crippen LogP contribution in [-0.4, -0.2) is 21.8 Å². The van der Waals surface area contributed by atoms with Gasteiger partial charge in [0.25, 0.3) is 0 Å². The lowest BCUT2D eigenvalue weighted by Gasteiger charge is -2.07. The molecule has 0 saturated heterocycles. The van der Waals surface area contributed by atoms with Gasteiger partial charge in [0.05, 0.1) is 12.3 Å². The third kappa shape index (κ3) is 2.19. The number of aromatic nitrogens is 3. The number of oxazole rings is 1. The van der Waals surface area contributed by atoms with E-state index in [0.717, 1.165) is 57.2 Å². The van der Waals surface area contributed by atoms with E-state index in [0.29, 0.717) is 12.5 Å². The summed E-state index contributed by atoms with van der Waals surface area (Å²) in [7, 11) is 0. The molecular formula is C20H18N4O2. The van der Waals surface area contributed by atoms with Crippen molar-refractivity contribution in [1.82, 2.24) is 15.2 Å². The van der Waals surface area contributed by atoms with Gasteiger partial charge in [0.2, 0.25) is 0 Å². The van der Waals surface area contributed by atoms with Crippen molar-refractivity contribution in [1.29, 1.82) is 0 Å². The van der Waals surface area contributed by atoms with Crippen LogP contribution in [0, 0.1) is 6.92 Å². The van der Waals surface area contributed by atoms with Gasteiger partial charge in [-0.3, -0.25) is 5.10 Å². The molecule has 0 fully saturated rings. The van der Waals surface area contributed by atoms with Crippen molar-refractivity contribution in [3.05, 3.63) is 53.4 Å². The number of hydrogen-bond acceptors (Lipinski definition) is 5. The van der Waals surface area contributed by atoms with Crippen LogP contribution in [0.2, 0.25) is 0 Å². The van der Waals surface area contributed by atoms with Gasteiger partial charge in [0.15, 0.2) is 23.0 Å². The molecule has 2 aromatic heterocycles. The number of aromatic amines is 1. The average Bonchev–Trinajstić information content (AvgIpc) is 3.31. The predicted octanol–water partition coefficient (Wildman–Crippen LogP) is 4.57. The summed E-state index contributed by atoms with van der Waals surface area (Å²) < 4.78 is 11.6. The van der Waals surface area contributed by atoms with Crippen LogP contribution < -0.4 is 10.1 Å². The number of anilines is 2. The van der Waals surface area contributed by atoms with Gasteiger partial charge in [-0.15, -0.1) is 0 Å². The molecule has 0 aliphatic heterocycles. The summed E-state index contributed by atoms with van der Waals surface area (Å²) in [6.45, 7) is 4.40. The van der Waals surface area contributed by atoms with E-state index in [1.165, 1.54) is 0 Å². The Morgan fingerprint density at radius 3 is 2.88 bits per heavy atom. The van der Waals surface area contributed by atoms with Crippen LogP contribution in [0.15, 0.2) is 40.8 Å². The van der Waals surface area contributed by atoms with Crippen LogP contribution in [0.5, 0.6) is 5.75 Å². The second-order valence-electron chi connectivity index (χ2n) is 6.34. The molecule has 0 amide bonds. The van der Waals surface area contributed by atoms with E-state index in [1.54, 1.807) is 0 Å². The number of benzene rings is 2. The van der Waals surface area contributed by atoms with E-state index in [4.69, 9.17) is 9.15 Å². The standard InChI is InChI=1S/C20H18N4O2/c1-3-25-16-10-14-13(18-19(16)26-11(2)21-18)9-15-17(14)23-24-20(15)22-12-7-5-4-6-8-12/h4-8,10H,3,9H2,1-2H3,(H2,22,23,24). The Hall–Kier alpha value is -3.28. The molecule has 6 nitrogen and oxygen atoms in total. The first-order chi connectivity index (χ1) is 12.7. The van der Waals surface area contributed by atoms with Gasteiger partial charge in [-0.25, -0.2) is 4.98 Å². The minimum atomic E-state index is 0.574. The Morgan fingerprint density at radius 2 is 2.08 bits per heavy atom. The van der Waals surface area contributed by atoms with Crippen LogP contribution in [0.25, 0.3) is 22.4 Å². The second-order valence-corrected chi connectivity index (χ2v) is 6.34. The van der Waals surface area contributed by atoms with Gasteiger partial charge >= 0.3 is 0 Å². The summed E-state index contributed by atoms with van der Waals surface area (Å²) in [6.07, 6.45) is 0.755. The zero-order valence-electron chi connectivity index (χ0n) is 14.6. The molecule has 2 N–H and O–H groups in total. The zero-order chi connectivity index (χ0) is 17.7. The average molecular weight is 346 g/mol. The lowest BCUT2D eigenvalue weighted by Crippen LogP contribution is -1.96. The van der Waals surface area contributed by atoms with Crippen LogP contribution in [0.1, 0.15) is 23.9 Å². The molecule has 2 aromatic carbocycles. The van der Waals surface area contributed by atoms with E-state index in [1.807, 2.05) is 50.2 Å². The third-order valence-corrected chi connectivity index (χ3v) is 4.67. The minimum Gasteiger partial charge on any atom is -0.490 e. The number of ether oxygens (including phenoxy) is 1. The van der Waals surface area contributed by atoms with Crippen LogP contribution >= 0.6 is 0 Å². The molecule has 26 heavy (non-hydrogen) atoms. The highest BCUT2D eigenvalue weighted by Gasteiger charge is 2.30. The molecule has 5 rings (SSSR count). The lowest BCUT2D eigenvalue weighted by molar-refractivity contribution is 0.338. The molecule has 0 atom stereocenters. The van der Waals surface area contributed by atoms with Gasteiger partial charge in [0, 0.05) is 30.2 Å². The first-order valence-corrected chi connectivity index (χ1v) is 8.70. The molecule has 4 aromatic rings. The number of aryl methyl sites for hydroxylation is 1. The Morgan fingerprint density at radius 1 is 1.23 bits per heavy atom. The van der Waals surface area contributed by atoms with Crippen molar-refractivity contribution in [3.8, 4) is 17.0 Å². The number of H-pyrrole nitrogens is 1. The van der Waals surface area contributed by atoms with Gasteiger partial charge in [0.1, 0.15) is 5.52 Å². The highest BCUT2D eigenvalue weighted by molar-refractivity contribution is 5.94. The van der Waals surface area contributed by atoms with Gasteiger partial charge in [-0.05, 0) is 30.7 Å². The maximum atomic E-state index is 5.80. The highest BCUT2D eigenvalue weighted by atomic mass is 16.5. The monoisotopic (exact) mass is 346 g/mol. The maximum absolute atomic E-state index is 5.80. The number of nitrogens with one attached hydrogen (secondary N) is 2. The Bertz CT molecular complexity index is 1110. The lowest BCUT2D eigenvalue weighted by atomic mass is 10.1. The molecule has 1 aliphatic rings. The predicted molar refractivity (Wildman–Crippen MR) is 100 cm³/mol. The van der Waals surface area contributed by atoms with Crippen molar-refractivity contribution in [2.75, 3.05) is 11.9 Å². The first kappa shape index (κ1) is 15.0. The maximum Gasteiger partial charge on any atom is 0.196 e. The number of fused-ring (bicyclic) bond motifs is 5. The van der Waals surface area contributed by atoms with Crippen molar-refractivity contribution in [3.63, 3.8) is 0 Å². The summed E-state index contributed by atoms with van der Waals surface area (Å²) in [6, 6.07) is 12.1. The molecule has 130 valence electrons. The van der Waals surface area contributed by atoms with Crippen LogP contribution in [-0.2, 0) is 6.42 Å². The fourth-order valence-electron chi connectivity index (χ4n) is 3.57. The van der Waals surface area contributed by atoms with E-state index < -0.39 is 0 Å². The topological polar surface area (TPSA) is 76.0 Å². The van der Waals surface area contributed by atoms with Crippen LogP contribution in [0.4, 0.5) is 11.5 Å². The Labute approximate surface area is 150 Å². The second kappa shape index (κ2) is 5.62. The van der Waals surface area contributed by atoms with Crippen molar-refractivity contribution in [2.45, 2.75) is 20.3 Å². The van der Waals surface area contributed by atoms with Crippen LogP contribution in [0.3, 0.4) is 0 Å². The molecule has 0 unspecified atom stereocenters. The Kier molecular flexibility index (Phi) is 3.25. The molecular weight excluding hydrogens is 328 g/mol. The quantitative estimate of drug-likeness (QED) is 0.498. The van der Waals surface area contributed by atoms with E-state index in [2.05, 4.69) is 20.5 Å². The van der Waals surface area contributed by atoms with Crippen molar-refractivity contribution < 1.29 is 9.15 Å². The SMILES string of the molecule is CCOc1cc2c(c3nc(C)oc13)Cc1c(Nc3ccccc3)n[nH]c1-2. The smallest absolute Gasteiger partial charge is 0.196 e. The van der Waals surface area contributed by atoms with Gasteiger partial charge in [-0.1, -0.05) is 18.2 Å². The molecule has 0 radical (unpaired) electrons. The molecule has 2 heterocycles. The van der Waals surface area contributed by atoms with E-state index >= 15 is 0 Å². The Balaban J connectivity index is 1.63. The molecule has 6 heteroatoms. The summed E-state index contributed by atoms with van der Waals surface area (Å²) in [5.41, 5.74) is 6.99. The number of rotatable bonds is 4. The summed E-state index contributed by atoms with van der Waals surface area (Å²) >= 11 is 0. The number of hydrogen-bond donors (Lipinski definition) is 2. The highest BCUT2D eigenvalue weighted by Crippen LogP contribution is 2.45. The van der Waals surface area contributed by atoms with E-state index in [-0.39, 0.29) is 0 Å². The number of para-hydroxylation sites is 1. The first-order valence-electron chi connectivity index (χ1n) is 8.70. The van der Waals surface area contributed by atoms with E-state index in [9.17, 15) is 0 Å². The van der Waals surface area contributed by atoms with Gasteiger partial charge < -0.3 is 14.5 Å². The fraction of sp³-hybridized carbons (Fsp3) is 0.200. The number of nitrogens with zero attached hydrogens (tertiary/aromatic N) is 2. The molecule has 0 bridgehead atoms. The summed E-state index contributed by atoms with van der Waals surface area (Å²) in [5.74, 6) is 2.21. The third-order valence-electron chi connectivity index (χ3n) is 4.67. The largest absolute Gasteiger partial charge is 0.490 e. The normalized spacial score (nSPS) is 12.2. The van der Waals surface area contributed by atoms with Crippen molar-refractivity contribution in [2.24, 2.45) is 0 Å². The zero-order valence-corrected chi connectivity index (χ0v) is 14.6. The summed E-state index contributed by atoms with van der Waals surface area (Å²) in [5, 5.41) is 11.0. The molecule has 0 saturated carbocycles. The minimum absolute atomic E-state index is 0.574. The fourth-order valence-corrected chi connectivity index (χ4v) is 3.57. The summed E-state index contributed by atoms with van der Waals surface area (Å²) in [4.78, 5) is 4.60. The molecule has 0 spiro atoms. The van der Waals surface area contributed by atoms with Gasteiger partial charge in [-0.2, -0.15) is 5.10 Å².